The molecule has 0 saturated heterocycles. The van der Waals surface area contributed by atoms with Gasteiger partial charge < -0.3 is 14.2 Å². The van der Waals surface area contributed by atoms with Crippen molar-refractivity contribution in [2.75, 3.05) is 13.2 Å². The number of carbonyl (C=O) groups excluding carboxylic acids is 3. The van der Waals surface area contributed by atoms with Crippen LogP contribution in [0.25, 0.3) is 0 Å². The maximum atomic E-state index is 12.9. The molecule has 0 aliphatic rings. The zero-order valence-electron chi connectivity index (χ0n) is 52.6. The van der Waals surface area contributed by atoms with E-state index in [0.717, 1.165) is 89.9 Å². The first-order valence-electron chi connectivity index (χ1n) is 34.4. The van der Waals surface area contributed by atoms with E-state index in [1.165, 1.54) is 225 Å². The Bertz CT molecular complexity index is 1450. The standard InChI is InChI=1S/C73H130O6/c1-4-7-10-13-16-19-22-25-28-30-32-33-34-35-36-37-38-39-40-41-42-44-45-48-51-54-57-60-63-66-72(75)78-69-70(68-77-71(74)65-62-59-56-53-50-47-27-24-21-18-15-12-9-6-3)79-73(76)67-64-61-58-55-52-49-46-43-31-29-26-23-20-17-14-11-8-5-2/h15,18,22,24-25,27,29-32,34-35,70H,4-14,16-17,19-21,23,26,28,33,36-69H2,1-3H3/b18-15-,25-22-,27-24-,31-29-,32-30-,35-34-. The fraction of sp³-hybridized carbons (Fsp3) is 0.795. The number of esters is 3. The van der Waals surface area contributed by atoms with Crippen LogP contribution in [0.2, 0.25) is 0 Å². The third-order valence-corrected chi connectivity index (χ3v) is 15.2. The minimum atomic E-state index is -0.784. The fourth-order valence-electron chi connectivity index (χ4n) is 9.93. The molecule has 0 amide bonds. The molecule has 6 nitrogen and oxygen atoms in total. The zero-order valence-corrected chi connectivity index (χ0v) is 52.6. The van der Waals surface area contributed by atoms with Crippen molar-refractivity contribution in [1.82, 2.24) is 0 Å². The van der Waals surface area contributed by atoms with E-state index in [1.54, 1.807) is 0 Å². The lowest BCUT2D eigenvalue weighted by Gasteiger charge is -2.18. The second kappa shape index (κ2) is 67.4. The van der Waals surface area contributed by atoms with E-state index < -0.39 is 6.10 Å². The number of unbranched alkanes of at least 4 members (excludes halogenated alkanes) is 40. The van der Waals surface area contributed by atoms with Crippen LogP contribution in [0, 0.1) is 0 Å². The van der Waals surface area contributed by atoms with Gasteiger partial charge in [0.05, 0.1) is 0 Å². The molecule has 0 aromatic rings. The Balaban J connectivity index is 4.26. The number of carbonyl (C=O) groups is 3. The van der Waals surface area contributed by atoms with Crippen LogP contribution in [0.5, 0.6) is 0 Å². The SMILES string of the molecule is CCCC/C=C\C/C=C\CCCCCCCC(=O)OCC(COC(=O)CCCCCCCCCCCCCCCC/C=C\C/C=C\C/C=C\CCCCCCC)OC(=O)CCCCCCCCC/C=C\CCCCCCCCC. The number of hydrogen-bond acceptors (Lipinski definition) is 6. The van der Waals surface area contributed by atoms with Gasteiger partial charge in [0.25, 0.3) is 0 Å². The van der Waals surface area contributed by atoms with Crippen molar-refractivity contribution in [3.05, 3.63) is 72.9 Å². The molecular weight excluding hydrogens is 973 g/mol. The highest BCUT2D eigenvalue weighted by Crippen LogP contribution is 2.17. The Labute approximate surface area is 491 Å². The summed E-state index contributed by atoms with van der Waals surface area (Å²) < 4.78 is 17.0. The van der Waals surface area contributed by atoms with Crippen molar-refractivity contribution in [1.29, 1.82) is 0 Å². The molecule has 0 bridgehead atoms. The zero-order chi connectivity index (χ0) is 57.1. The van der Waals surface area contributed by atoms with Gasteiger partial charge in [0, 0.05) is 19.3 Å². The second-order valence-electron chi connectivity index (χ2n) is 23.1. The van der Waals surface area contributed by atoms with E-state index in [9.17, 15) is 14.4 Å². The largest absolute Gasteiger partial charge is 0.462 e. The van der Waals surface area contributed by atoms with E-state index in [1.807, 2.05) is 0 Å². The normalized spacial score (nSPS) is 12.5. The molecule has 458 valence electrons. The predicted octanol–water partition coefficient (Wildman–Crippen LogP) is 23.7. The number of ether oxygens (including phenoxy) is 3. The summed E-state index contributed by atoms with van der Waals surface area (Å²) in [5.74, 6) is -0.882. The van der Waals surface area contributed by atoms with E-state index >= 15 is 0 Å². The number of rotatable bonds is 63. The van der Waals surface area contributed by atoms with Gasteiger partial charge in [-0.15, -0.1) is 0 Å². The van der Waals surface area contributed by atoms with Crippen molar-refractivity contribution < 1.29 is 28.6 Å². The van der Waals surface area contributed by atoms with Crippen LogP contribution < -0.4 is 0 Å². The van der Waals surface area contributed by atoms with Crippen LogP contribution in [0.15, 0.2) is 72.9 Å². The molecule has 0 aliphatic carbocycles. The summed E-state index contributed by atoms with van der Waals surface area (Å²) in [5, 5.41) is 0. The predicted molar refractivity (Wildman–Crippen MR) is 344 cm³/mol. The lowest BCUT2D eigenvalue weighted by atomic mass is 10.0. The average Bonchev–Trinajstić information content (AvgIpc) is 3.45. The summed E-state index contributed by atoms with van der Waals surface area (Å²) in [6.07, 6.45) is 87.8. The van der Waals surface area contributed by atoms with Gasteiger partial charge in [0.15, 0.2) is 6.10 Å². The molecule has 0 radical (unpaired) electrons. The molecule has 0 rings (SSSR count). The van der Waals surface area contributed by atoms with Gasteiger partial charge >= 0.3 is 17.9 Å². The van der Waals surface area contributed by atoms with E-state index in [0.29, 0.717) is 19.3 Å². The van der Waals surface area contributed by atoms with Crippen LogP contribution in [-0.2, 0) is 28.6 Å². The molecule has 0 aromatic heterocycles. The summed E-state index contributed by atoms with van der Waals surface area (Å²) in [5.41, 5.74) is 0. The van der Waals surface area contributed by atoms with E-state index in [4.69, 9.17) is 14.2 Å². The smallest absolute Gasteiger partial charge is 0.306 e. The fourth-order valence-corrected chi connectivity index (χ4v) is 9.93. The monoisotopic (exact) mass is 1100 g/mol. The summed E-state index contributed by atoms with van der Waals surface area (Å²) >= 11 is 0. The lowest BCUT2D eigenvalue weighted by Crippen LogP contribution is -2.30. The molecule has 1 unspecified atom stereocenters. The number of allylic oxidation sites excluding steroid dienone is 12. The van der Waals surface area contributed by atoms with Crippen molar-refractivity contribution in [3.8, 4) is 0 Å². The molecule has 0 N–H and O–H groups in total. The molecule has 0 aromatic carbocycles. The summed E-state index contributed by atoms with van der Waals surface area (Å²) in [6.45, 7) is 6.61. The summed E-state index contributed by atoms with van der Waals surface area (Å²) in [6, 6.07) is 0. The van der Waals surface area contributed by atoms with Gasteiger partial charge in [-0.3, -0.25) is 14.4 Å². The molecule has 79 heavy (non-hydrogen) atoms. The maximum absolute atomic E-state index is 12.9. The van der Waals surface area contributed by atoms with Crippen LogP contribution in [0.1, 0.15) is 355 Å². The topological polar surface area (TPSA) is 78.9 Å². The first kappa shape index (κ1) is 75.8. The van der Waals surface area contributed by atoms with Crippen LogP contribution in [-0.4, -0.2) is 37.2 Å². The minimum Gasteiger partial charge on any atom is -0.462 e. The van der Waals surface area contributed by atoms with Gasteiger partial charge in [-0.2, -0.15) is 0 Å². The Morgan fingerprint density at radius 2 is 0.468 bits per heavy atom. The second-order valence-corrected chi connectivity index (χ2v) is 23.1. The summed E-state index contributed by atoms with van der Waals surface area (Å²) in [4.78, 5) is 38.4. The lowest BCUT2D eigenvalue weighted by molar-refractivity contribution is -0.167. The van der Waals surface area contributed by atoms with E-state index in [-0.39, 0.29) is 31.1 Å². The Morgan fingerprint density at radius 3 is 0.759 bits per heavy atom. The summed E-state index contributed by atoms with van der Waals surface area (Å²) in [7, 11) is 0. The Hall–Kier alpha value is -3.15. The van der Waals surface area contributed by atoms with Gasteiger partial charge in [-0.25, -0.2) is 0 Å². The number of hydrogen-bond donors (Lipinski definition) is 0. The third kappa shape index (κ3) is 65.5. The molecular formula is C73H130O6. The van der Waals surface area contributed by atoms with Crippen LogP contribution in [0.4, 0.5) is 0 Å². The maximum Gasteiger partial charge on any atom is 0.306 e. The third-order valence-electron chi connectivity index (χ3n) is 15.2. The van der Waals surface area contributed by atoms with Crippen LogP contribution >= 0.6 is 0 Å². The highest BCUT2D eigenvalue weighted by molar-refractivity contribution is 5.71. The van der Waals surface area contributed by atoms with E-state index in [2.05, 4.69) is 93.7 Å². The van der Waals surface area contributed by atoms with Crippen LogP contribution in [0.3, 0.4) is 0 Å². The van der Waals surface area contributed by atoms with Crippen molar-refractivity contribution in [2.24, 2.45) is 0 Å². The van der Waals surface area contributed by atoms with Gasteiger partial charge in [-0.1, -0.05) is 299 Å². The molecule has 6 heteroatoms. The van der Waals surface area contributed by atoms with Crippen molar-refractivity contribution >= 4 is 17.9 Å². The highest BCUT2D eigenvalue weighted by atomic mass is 16.6. The quantitative estimate of drug-likeness (QED) is 0.0261. The van der Waals surface area contributed by atoms with Crippen molar-refractivity contribution in [3.63, 3.8) is 0 Å². The molecule has 0 aliphatic heterocycles. The minimum absolute atomic E-state index is 0.0797. The Morgan fingerprint density at radius 1 is 0.253 bits per heavy atom. The molecule has 0 spiro atoms. The highest BCUT2D eigenvalue weighted by Gasteiger charge is 2.19. The van der Waals surface area contributed by atoms with Crippen molar-refractivity contribution in [2.45, 2.75) is 361 Å². The van der Waals surface area contributed by atoms with Gasteiger partial charge in [-0.05, 0) is 109 Å². The first-order valence-corrected chi connectivity index (χ1v) is 34.4. The van der Waals surface area contributed by atoms with Gasteiger partial charge in [0.1, 0.15) is 13.2 Å². The Kier molecular flexibility index (Phi) is 64.7. The molecule has 1 atom stereocenters. The first-order chi connectivity index (χ1) is 39.0. The molecule has 0 saturated carbocycles. The molecule has 0 fully saturated rings. The average molecular weight is 1100 g/mol. The van der Waals surface area contributed by atoms with Gasteiger partial charge in [0.2, 0.25) is 0 Å². The molecule has 0 heterocycles.